The second-order valence-electron chi connectivity index (χ2n) is 6.49. The second kappa shape index (κ2) is 8.29. The molecule has 0 aliphatic heterocycles. The molecule has 1 unspecified atom stereocenters. The topological polar surface area (TPSA) is 90.0 Å². The molecule has 0 fully saturated rings. The first-order valence-corrected chi connectivity index (χ1v) is 10.8. The maximum absolute atomic E-state index is 13.8. The highest BCUT2D eigenvalue weighted by atomic mass is 32.2. The number of nitrogens with two attached hydrogens (primary N) is 1. The number of thioether (sulfide) groups is 1. The maximum atomic E-state index is 13.8. The fourth-order valence-corrected chi connectivity index (χ4v) is 4.72. The van der Waals surface area contributed by atoms with Gasteiger partial charge in [0.1, 0.15) is 10.6 Å². The van der Waals surface area contributed by atoms with E-state index in [1.807, 2.05) is 35.7 Å². The summed E-state index contributed by atoms with van der Waals surface area (Å²) in [6.07, 6.45) is 0. The number of carbonyl (C=O) groups excluding carboxylic acids is 1. The van der Waals surface area contributed by atoms with Crippen molar-refractivity contribution < 1.29 is 9.18 Å². The fourth-order valence-electron chi connectivity index (χ4n) is 2.91. The van der Waals surface area contributed by atoms with E-state index in [-0.39, 0.29) is 16.4 Å². The summed E-state index contributed by atoms with van der Waals surface area (Å²) < 4.78 is 14.7. The van der Waals surface area contributed by atoms with Gasteiger partial charge >= 0.3 is 0 Å². The molecule has 152 valence electrons. The molecule has 0 saturated heterocycles. The van der Waals surface area contributed by atoms with E-state index < -0.39 is 17.0 Å². The molecule has 30 heavy (non-hydrogen) atoms. The lowest BCUT2D eigenvalue weighted by Gasteiger charge is -2.13. The van der Waals surface area contributed by atoms with E-state index in [0.29, 0.717) is 10.2 Å². The summed E-state index contributed by atoms with van der Waals surface area (Å²) in [4.78, 5) is 30.4. The number of hydrogen-bond acceptors (Lipinski definition) is 6. The number of para-hydroxylation sites is 1. The zero-order valence-corrected chi connectivity index (χ0v) is 17.5. The Bertz CT molecular complexity index is 1290. The largest absolute Gasteiger partial charge is 0.334 e. The van der Waals surface area contributed by atoms with Gasteiger partial charge in [-0.05, 0) is 24.6 Å². The summed E-state index contributed by atoms with van der Waals surface area (Å²) in [6, 6.07) is 15.4. The van der Waals surface area contributed by atoms with Crippen LogP contribution in [0.4, 0.5) is 10.1 Å². The summed E-state index contributed by atoms with van der Waals surface area (Å²) in [7, 11) is 0. The van der Waals surface area contributed by atoms with Crippen molar-refractivity contribution in [1.82, 2.24) is 9.66 Å². The Hall–Kier alpha value is -3.17. The van der Waals surface area contributed by atoms with Gasteiger partial charge in [0.05, 0.1) is 16.3 Å². The SMILES string of the molecule is CC(Sc1nc2scc(-c3ccccc3)c2c(=O)n1N)C(=O)Nc1ccccc1F. The second-order valence-corrected chi connectivity index (χ2v) is 8.66. The van der Waals surface area contributed by atoms with Gasteiger partial charge < -0.3 is 11.2 Å². The van der Waals surface area contributed by atoms with Crippen LogP contribution in [0.15, 0.2) is 69.9 Å². The van der Waals surface area contributed by atoms with Crippen LogP contribution in [-0.2, 0) is 4.79 Å². The molecule has 0 bridgehead atoms. The van der Waals surface area contributed by atoms with Gasteiger partial charge in [0.2, 0.25) is 5.91 Å². The van der Waals surface area contributed by atoms with Crippen LogP contribution >= 0.6 is 23.1 Å². The van der Waals surface area contributed by atoms with E-state index >= 15 is 0 Å². The molecule has 1 amide bonds. The molecule has 9 heteroatoms. The summed E-state index contributed by atoms with van der Waals surface area (Å²) in [5, 5.41) is 4.41. The Labute approximate surface area is 179 Å². The quantitative estimate of drug-likeness (QED) is 0.277. The van der Waals surface area contributed by atoms with Crippen LogP contribution in [0, 0.1) is 5.82 Å². The van der Waals surface area contributed by atoms with E-state index in [2.05, 4.69) is 10.3 Å². The number of hydrogen-bond donors (Lipinski definition) is 2. The molecule has 4 rings (SSSR count). The molecule has 3 N–H and O–H groups in total. The number of carbonyl (C=O) groups is 1. The molecule has 1 atom stereocenters. The normalized spacial score (nSPS) is 12.1. The van der Waals surface area contributed by atoms with Crippen molar-refractivity contribution in [3.8, 4) is 11.1 Å². The van der Waals surface area contributed by atoms with Crippen molar-refractivity contribution in [3.05, 3.63) is 76.1 Å². The molecule has 0 aliphatic rings. The molecule has 2 heterocycles. The molecule has 6 nitrogen and oxygen atoms in total. The Morgan fingerprint density at radius 2 is 1.90 bits per heavy atom. The molecule has 2 aromatic carbocycles. The molecular formula is C21H17FN4O2S2. The minimum Gasteiger partial charge on any atom is -0.334 e. The number of nitrogens with one attached hydrogen (secondary N) is 1. The number of thiophene rings is 1. The molecule has 0 saturated carbocycles. The number of nitrogens with zero attached hydrogens (tertiary/aromatic N) is 2. The molecule has 2 aromatic heterocycles. The smallest absolute Gasteiger partial charge is 0.282 e. The lowest BCUT2D eigenvalue weighted by Crippen LogP contribution is -2.31. The average Bonchev–Trinajstić information content (AvgIpc) is 3.18. The lowest BCUT2D eigenvalue weighted by molar-refractivity contribution is -0.115. The average molecular weight is 441 g/mol. The van der Waals surface area contributed by atoms with Crippen LogP contribution < -0.4 is 16.7 Å². The lowest BCUT2D eigenvalue weighted by atomic mass is 10.1. The Balaban J connectivity index is 1.62. The first-order chi connectivity index (χ1) is 14.5. The van der Waals surface area contributed by atoms with Gasteiger partial charge in [-0.3, -0.25) is 9.59 Å². The van der Waals surface area contributed by atoms with Crippen LogP contribution in [0.1, 0.15) is 6.92 Å². The molecule has 0 aliphatic carbocycles. The predicted octanol–water partition coefficient (Wildman–Crippen LogP) is 4.10. The Morgan fingerprint density at radius 1 is 1.20 bits per heavy atom. The minimum atomic E-state index is -0.655. The fraction of sp³-hybridized carbons (Fsp3) is 0.0952. The van der Waals surface area contributed by atoms with Gasteiger partial charge in [-0.1, -0.05) is 54.2 Å². The van der Waals surface area contributed by atoms with E-state index in [4.69, 9.17) is 5.84 Å². The summed E-state index contributed by atoms with van der Waals surface area (Å²) in [5.41, 5.74) is 1.38. The highest BCUT2D eigenvalue weighted by Crippen LogP contribution is 2.32. The van der Waals surface area contributed by atoms with Crippen molar-refractivity contribution in [3.63, 3.8) is 0 Å². The third-order valence-corrected chi connectivity index (χ3v) is 6.41. The van der Waals surface area contributed by atoms with E-state index in [1.165, 1.54) is 23.5 Å². The zero-order chi connectivity index (χ0) is 21.3. The van der Waals surface area contributed by atoms with E-state index in [0.717, 1.165) is 27.6 Å². The number of halogens is 1. The number of rotatable bonds is 5. The van der Waals surface area contributed by atoms with Gasteiger partial charge in [-0.15, -0.1) is 11.3 Å². The van der Waals surface area contributed by atoms with E-state index in [1.54, 1.807) is 19.1 Å². The number of amides is 1. The van der Waals surface area contributed by atoms with Gasteiger partial charge in [0, 0.05) is 10.9 Å². The minimum absolute atomic E-state index is 0.0919. The van der Waals surface area contributed by atoms with Crippen molar-refractivity contribution in [2.75, 3.05) is 11.2 Å². The third-order valence-electron chi connectivity index (χ3n) is 4.48. The Kier molecular flexibility index (Phi) is 5.56. The first-order valence-electron chi connectivity index (χ1n) is 9.02. The third kappa shape index (κ3) is 3.81. The number of aromatic nitrogens is 2. The van der Waals surface area contributed by atoms with Crippen LogP contribution in [-0.4, -0.2) is 20.8 Å². The Morgan fingerprint density at radius 3 is 2.63 bits per heavy atom. The van der Waals surface area contributed by atoms with E-state index in [9.17, 15) is 14.0 Å². The highest BCUT2D eigenvalue weighted by molar-refractivity contribution is 8.00. The summed E-state index contributed by atoms with van der Waals surface area (Å²) >= 11 is 2.38. The highest BCUT2D eigenvalue weighted by Gasteiger charge is 2.21. The molecule has 0 radical (unpaired) electrons. The number of anilines is 1. The van der Waals surface area contributed by atoms with Gasteiger partial charge in [-0.25, -0.2) is 14.1 Å². The number of benzene rings is 2. The van der Waals surface area contributed by atoms with Crippen LogP contribution in [0.5, 0.6) is 0 Å². The van der Waals surface area contributed by atoms with Crippen LogP contribution in [0.2, 0.25) is 0 Å². The number of nitrogen functional groups attached to an aromatic ring is 1. The molecule has 0 spiro atoms. The monoisotopic (exact) mass is 440 g/mol. The van der Waals surface area contributed by atoms with Crippen molar-refractivity contribution >= 4 is 44.9 Å². The summed E-state index contributed by atoms with van der Waals surface area (Å²) in [5.74, 6) is 5.07. The van der Waals surface area contributed by atoms with Crippen molar-refractivity contribution in [1.29, 1.82) is 0 Å². The molecule has 4 aromatic rings. The van der Waals surface area contributed by atoms with Crippen LogP contribution in [0.3, 0.4) is 0 Å². The molecular weight excluding hydrogens is 423 g/mol. The first kappa shape index (κ1) is 20.1. The predicted molar refractivity (Wildman–Crippen MR) is 120 cm³/mol. The van der Waals surface area contributed by atoms with Crippen molar-refractivity contribution in [2.24, 2.45) is 0 Å². The maximum Gasteiger partial charge on any atom is 0.282 e. The van der Waals surface area contributed by atoms with Crippen molar-refractivity contribution in [2.45, 2.75) is 17.3 Å². The van der Waals surface area contributed by atoms with Gasteiger partial charge in [0.25, 0.3) is 5.56 Å². The summed E-state index contributed by atoms with van der Waals surface area (Å²) in [6.45, 7) is 1.64. The number of fused-ring (bicyclic) bond motifs is 1. The van der Waals surface area contributed by atoms with Gasteiger partial charge in [-0.2, -0.15) is 0 Å². The van der Waals surface area contributed by atoms with Crippen LogP contribution in [0.25, 0.3) is 21.3 Å². The zero-order valence-electron chi connectivity index (χ0n) is 15.8. The standard InChI is InChI=1S/C21H17FN4O2S2/c1-12(18(27)24-16-10-6-5-9-15(16)22)30-21-25-19-17(20(28)26(21)23)14(11-29-19)13-7-3-2-4-8-13/h2-12H,23H2,1H3,(H,24,27). The van der Waals surface area contributed by atoms with Gasteiger partial charge in [0.15, 0.2) is 5.16 Å².